The number of sulfonamides is 1. The summed E-state index contributed by atoms with van der Waals surface area (Å²) >= 11 is 5.79. The second-order valence-electron chi connectivity index (χ2n) is 6.50. The van der Waals surface area contributed by atoms with Gasteiger partial charge in [0.25, 0.3) is 0 Å². The molecule has 1 N–H and O–H groups in total. The number of halogens is 1. The van der Waals surface area contributed by atoms with E-state index in [1.165, 1.54) is 24.3 Å². The molecule has 29 heavy (non-hydrogen) atoms. The molecule has 2 aromatic carbocycles. The molecular weight excluding hydrogens is 416 g/mol. The smallest absolute Gasteiger partial charge is 0.240 e. The van der Waals surface area contributed by atoms with Crippen LogP contribution in [0.4, 0.5) is 5.69 Å². The molecule has 3 rings (SSSR count). The number of rotatable bonds is 9. The Morgan fingerprint density at radius 3 is 2.55 bits per heavy atom. The highest BCUT2D eigenvalue weighted by atomic mass is 35.5. The van der Waals surface area contributed by atoms with Gasteiger partial charge in [-0.1, -0.05) is 18.5 Å². The van der Waals surface area contributed by atoms with Crippen LogP contribution < -0.4 is 19.1 Å². The van der Waals surface area contributed by atoms with Gasteiger partial charge in [-0.3, -0.25) is 4.79 Å². The van der Waals surface area contributed by atoms with Crippen LogP contribution in [-0.4, -0.2) is 34.2 Å². The molecule has 7 nitrogen and oxygen atoms in total. The molecule has 1 heterocycles. The van der Waals surface area contributed by atoms with Crippen molar-refractivity contribution in [1.29, 1.82) is 0 Å². The molecule has 2 aromatic rings. The number of nitrogens with zero attached hydrogens (tertiary/aromatic N) is 1. The zero-order chi connectivity index (χ0) is 20.9. The van der Waals surface area contributed by atoms with Crippen LogP contribution in [0.15, 0.2) is 47.4 Å². The van der Waals surface area contributed by atoms with Gasteiger partial charge >= 0.3 is 0 Å². The van der Waals surface area contributed by atoms with Gasteiger partial charge in [-0.2, -0.15) is 0 Å². The van der Waals surface area contributed by atoms with Crippen molar-refractivity contribution in [3.63, 3.8) is 0 Å². The van der Waals surface area contributed by atoms with E-state index in [0.717, 1.165) is 5.69 Å². The lowest BCUT2D eigenvalue weighted by Crippen LogP contribution is -2.32. The van der Waals surface area contributed by atoms with Crippen LogP contribution in [0.5, 0.6) is 11.5 Å². The summed E-state index contributed by atoms with van der Waals surface area (Å²) in [5, 5.41) is 0.480. The van der Waals surface area contributed by atoms with Crippen LogP contribution >= 0.6 is 11.6 Å². The fourth-order valence-corrected chi connectivity index (χ4v) is 4.14. The maximum Gasteiger partial charge on any atom is 0.240 e. The van der Waals surface area contributed by atoms with Gasteiger partial charge in [-0.15, -0.1) is 0 Å². The zero-order valence-corrected chi connectivity index (χ0v) is 17.6. The quantitative estimate of drug-likeness (QED) is 0.605. The number of anilines is 1. The van der Waals surface area contributed by atoms with Crippen molar-refractivity contribution in [2.75, 3.05) is 24.8 Å². The molecule has 0 fully saturated rings. The summed E-state index contributed by atoms with van der Waals surface area (Å²) in [6.07, 6.45) is 1.60. The third-order valence-corrected chi connectivity index (χ3v) is 6.22. The first-order chi connectivity index (χ1) is 13.9. The largest absolute Gasteiger partial charge is 0.454 e. The predicted octanol–water partition coefficient (Wildman–Crippen LogP) is 3.57. The molecule has 9 heteroatoms. The molecule has 156 valence electrons. The van der Waals surface area contributed by atoms with Gasteiger partial charge in [-0.25, -0.2) is 13.1 Å². The van der Waals surface area contributed by atoms with E-state index in [2.05, 4.69) is 4.72 Å². The van der Waals surface area contributed by atoms with E-state index < -0.39 is 10.0 Å². The third-order valence-electron chi connectivity index (χ3n) is 4.50. The summed E-state index contributed by atoms with van der Waals surface area (Å²) in [5.74, 6) is 1.27. The lowest BCUT2D eigenvalue weighted by atomic mass is 10.2. The van der Waals surface area contributed by atoms with Crippen LogP contribution in [0.3, 0.4) is 0 Å². The van der Waals surface area contributed by atoms with Gasteiger partial charge in [0.15, 0.2) is 11.5 Å². The minimum atomic E-state index is -3.58. The average Bonchev–Trinajstić information content (AvgIpc) is 3.18. The van der Waals surface area contributed by atoms with Crippen LogP contribution in [0.25, 0.3) is 0 Å². The first kappa shape index (κ1) is 21.4. The fourth-order valence-electron chi connectivity index (χ4n) is 2.94. The molecule has 0 aromatic heterocycles. The SMILES string of the molecule is CCC(=O)N(CCCCNS(=O)(=O)c1ccc(Cl)cc1)c1ccc2c(c1)OCO2. The predicted molar refractivity (Wildman–Crippen MR) is 111 cm³/mol. The van der Waals surface area contributed by atoms with E-state index in [1.807, 2.05) is 13.0 Å². The molecule has 1 aliphatic rings. The minimum absolute atomic E-state index is 0.00869. The highest BCUT2D eigenvalue weighted by molar-refractivity contribution is 7.89. The van der Waals surface area contributed by atoms with Gasteiger partial charge in [0, 0.05) is 36.3 Å². The highest BCUT2D eigenvalue weighted by Gasteiger charge is 2.19. The lowest BCUT2D eigenvalue weighted by Gasteiger charge is -2.22. The lowest BCUT2D eigenvalue weighted by molar-refractivity contribution is -0.118. The summed E-state index contributed by atoms with van der Waals surface area (Å²) in [6, 6.07) is 11.4. The number of nitrogens with one attached hydrogen (secondary N) is 1. The Hall–Kier alpha value is -2.29. The molecule has 0 aliphatic carbocycles. The van der Waals surface area contributed by atoms with E-state index in [-0.39, 0.29) is 24.1 Å². The average molecular weight is 439 g/mol. The molecule has 0 radical (unpaired) electrons. The molecular formula is C20H23ClN2O5S. The summed E-state index contributed by atoms with van der Waals surface area (Å²) in [7, 11) is -3.58. The molecule has 0 unspecified atom stereocenters. The standard InChI is InChI=1S/C20H23ClN2O5S/c1-2-20(24)23(16-7-10-18-19(13-16)28-14-27-18)12-4-3-11-22-29(25,26)17-8-5-15(21)6-9-17/h5-10,13,22H,2-4,11-12,14H2,1H3. The first-order valence-electron chi connectivity index (χ1n) is 9.36. The maximum atomic E-state index is 12.4. The maximum absolute atomic E-state index is 12.4. The van der Waals surface area contributed by atoms with Crippen molar-refractivity contribution in [3.05, 3.63) is 47.5 Å². The molecule has 0 atom stereocenters. The fraction of sp³-hybridized carbons (Fsp3) is 0.350. The molecule has 1 amide bonds. The Balaban J connectivity index is 1.54. The number of fused-ring (bicyclic) bond motifs is 1. The number of unbranched alkanes of at least 4 members (excludes halogenated alkanes) is 1. The Labute approximate surface area is 175 Å². The second-order valence-corrected chi connectivity index (χ2v) is 8.70. The number of ether oxygens (including phenoxy) is 2. The van der Waals surface area contributed by atoms with E-state index in [4.69, 9.17) is 21.1 Å². The molecule has 1 aliphatic heterocycles. The van der Waals surface area contributed by atoms with Crippen molar-refractivity contribution in [2.24, 2.45) is 0 Å². The number of benzene rings is 2. The second kappa shape index (κ2) is 9.47. The Morgan fingerprint density at radius 1 is 1.10 bits per heavy atom. The van der Waals surface area contributed by atoms with Crippen LogP contribution in [-0.2, 0) is 14.8 Å². The minimum Gasteiger partial charge on any atom is -0.454 e. The Bertz CT molecular complexity index is 963. The molecule has 0 bridgehead atoms. The van der Waals surface area contributed by atoms with Gasteiger partial charge in [0.1, 0.15) is 0 Å². The molecule has 0 saturated heterocycles. The topological polar surface area (TPSA) is 84.9 Å². The number of carbonyl (C=O) groups excluding carboxylic acids is 1. The van der Waals surface area contributed by atoms with Crippen molar-refractivity contribution < 1.29 is 22.7 Å². The van der Waals surface area contributed by atoms with Crippen molar-refractivity contribution in [1.82, 2.24) is 4.72 Å². The number of amides is 1. The number of hydrogen-bond acceptors (Lipinski definition) is 5. The summed E-state index contributed by atoms with van der Waals surface area (Å²) in [5.41, 5.74) is 0.739. The van der Waals surface area contributed by atoms with Gasteiger partial charge in [0.05, 0.1) is 4.90 Å². The van der Waals surface area contributed by atoms with Crippen LogP contribution in [0.2, 0.25) is 5.02 Å². The van der Waals surface area contributed by atoms with Gasteiger partial charge < -0.3 is 14.4 Å². The van der Waals surface area contributed by atoms with Gasteiger partial charge in [0.2, 0.25) is 22.7 Å². The summed E-state index contributed by atoms with van der Waals surface area (Å²) in [6.45, 7) is 2.74. The molecule has 0 saturated carbocycles. The van der Waals surface area contributed by atoms with E-state index in [1.54, 1.807) is 17.0 Å². The van der Waals surface area contributed by atoms with E-state index >= 15 is 0 Å². The third kappa shape index (κ3) is 5.41. The van der Waals surface area contributed by atoms with E-state index in [9.17, 15) is 13.2 Å². The highest BCUT2D eigenvalue weighted by Crippen LogP contribution is 2.35. The van der Waals surface area contributed by atoms with E-state index in [0.29, 0.717) is 42.3 Å². The zero-order valence-electron chi connectivity index (χ0n) is 16.1. The molecule has 0 spiro atoms. The van der Waals surface area contributed by atoms with Crippen molar-refractivity contribution in [3.8, 4) is 11.5 Å². The van der Waals surface area contributed by atoms with Crippen LogP contribution in [0, 0.1) is 0 Å². The Kier molecular flexibility index (Phi) is 7.00. The first-order valence-corrected chi connectivity index (χ1v) is 11.2. The summed E-state index contributed by atoms with van der Waals surface area (Å²) in [4.78, 5) is 14.2. The number of hydrogen-bond donors (Lipinski definition) is 1. The number of carbonyl (C=O) groups is 1. The van der Waals surface area contributed by atoms with Crippen molar-refractivity contribution >= 4 is 33.2 Å². The van der Waals surface area contributed by atoms with Crippen molar-refractivity contribution in [2.45, 2.75) is 31.1 Å². The summed E-state index contributed by atoms with van der Waals surface area (Å²) < 4.78 is 37.8. The van der Waals surface area contributed by atoms with Crippen LogP contribution in [0.1, 0.15) is 26.2 Å². The normalized spacial score (nSPS) is 12.8. The van der Waals surface area contributed by atoms with Gasteiger partial charge in [-0.05, 0) is 49.2 Å². The monoisotopic (exact) mass is 438 g/mol. The Morgan fingerprint density at radius 2 is 1.83 bits per heavy atom.